The number of oxime groups is 2. The molecule has 5 rings (SSSR count). The quantitative estimate of drug-likeness (QED) is 0.424. The number of hydrogen-bond acceptors (Lipinski definition) is 4. The maximum atomic E-state index is 6.43. The predicted molar refractivity (Wildman–Crippen MR) is 136 cm³/mol. The summed E-state index contributed by atoms with van der Waals surface area (Å²) in [6.07, 6.45) is 0. The molecule has 0 amide bonds. The van der Waals surface area contributed by atoms with Crippen molar-refractivity contribution in [3.05, 3.63) is 131 Å². The smallest absolute Gasteiger partial charge is 0.398 e. The fourth-order valence-corrected chi connectivity index (χ4v) is 6.31. The first-order valence-corrected chi connectivity index (χ1v) is 12.8. The first kappa shape index (κ1) is 20.9. The lowest BCUT2D eigenvalue weighted by Crippen LogP contribution is -2.61. The van der Waals surface area contributed by atoms with E-state index in [1.54, 1.807) is 0 Å². The fraction of sp³-hybridized carbons (Fsp3) is 0.0714. The summed E-state index contributed by atoms with van der Waals surface area (Å²) in [6, 6.07) is 36.4. The largest absolute Gasteiger partial charge is 0.574 e. The Morgan fingerprint density at radius 2 is 0.848 bits per heavy atom. The molecule has 33 heavy (non-hydrogen) atoms. The first-order chi connectivity index (χ1) is 16.2. The van der Waals surface area contributed by atoms with Crippen LogP contribution in [0.5, 0.6) is 0 Å². The molecule has 0 saturated heterocycles. The summed E-state index contributed by atoms with van der Waals surface area (Å²) in [7, 11) is -3.23. The van der Waals surface area contributed by atoms with Gasteiger partial charge >= 0.3 is 8.56 Å². The highest BCUT2D eigenvalue weighted by Crippen LogP contribution is 2.20. The molecule has 4 aromatic carbocycles. The van der Waals surface area contributed by atoms with Gasteiger partial charge in [-0.1, -0.05) is 131 Å². The van der Waals surface area contributed by atoms with Crippen LogP contribution in [0.3, 0.4) is 0 Å². The zero-order chi connectivity index (χ0) is 22.7. The van der Waals surface area contributed by atoms with E-state index in [1.165, 1.54) is 11.1 Å². The summed E-state index contributed by atoms with van der Waals surface area (Å²) in [5, 5.41) is 11.3. The Balaban J connectivity index is 1.71. The molecule has 4 aromatic rings. The van der Waals surface area contributed by atoms with Crippen molar-refractivity contribution >= 4 is 30.4 Å². The fourth-order valence-electron chi connectivity index (χ4n) is 3.82. The molecule has 0 atom stereocenters. The molecule has 0 N–H and O–H groups in total. The Kier molecular flexibility index (Phi) is 5.63. The second-order valence-corrected chi connectivity index (χ2v) is 10.9. The van der Waals surface area contributed by atoms with Crippen molar-refractivity contribution in [3.8, 4) is 0 Å². The molecule has 0 radical (unpaired) electrons. The third kappa shape index (κ3) is 4.11. The van der Waals surface area contributed by atoms with Gasteiger partial charge in [0.25, 0.3) is 0 Å². The van der Waals surface area contributed by atoms with Crippen molar-refractivity contribution in [2.24, 2.45) is 10.3 Å². The SMILES string of the molecule is Cc1ccc(C2=NO[Si](c3ccccc3)(c3ccccc3)ON=C2c2ccc(C)cc2)cc1. The van der Waals surface area contributed by atoms with Gasteiger partial charge in [-0.2, -0.15) is 0 Å². The summed E-state index contributed by atoms with van der Waals surface area (Å²) in [5.74, 6) is 0. The van der Waals surface area contributed by atoms with Gasteiger partial charge in [-0.15, -0.1) is 0 Å². The van der Waals surface area contributed by atoms with Gasteiger partial charge < -0.3 is 9.05 Å². The van der Waals surface area contributed by atoms with Crippen LogP contribution < -0.4 is 10.4 Å². The van der Waals surface area contributed by atoms with E-state index in [0.717, 1.165) is 21.5 Å². The Labute approximate surface area is 195 Å². The topological polar surface area (TPSA) is 43.2 Å². The van der Waals surface area contributed by atoms with Crippen LogP contribution in [-0.2, 0) is 9.05 Å². The summed E-state index contributed by atoms with van der Waals surface area (Å²) in [4.78, 5) is 0. The monoisotopic (exact) mass is 448 g/mol. The predicted octanol–water partition coefficient (Wildman–Crippen LogP) is 4.72. The van der Waals surface area contributed by atoms with Crippen LogP contribution in [0.15, 0.2) is 120 Å². The normalized spacial score (nSPS) is 14.8. The van der Waals surface area contributed by atoms with Gasteiger partial charge in [-0.25, -0.2) is 0 Å². The maximum Gasteiger partial charge on any atom is 0.574 e. The summed E-state index contributed by atoms with van der Waals surface area (Å²) in [5.41, 5.74) is 5.51. The van der Waals surface area contributed by atoms with Crippen molar-refractivity contribution in [1.29, 1.82) is 0 Å². The number of benzene rings is 4. The molecule has 0 aliphatic carbocycles. The first-order valence-electron chi connectivity index (χ1n) is 10.9. The molecular formula is C28H24N2O2Si. The minimum atomic E-state index is -3.23. The highest BCUT2D eigenvalue weighted by atomic mass is 28.4. The minimum absolute atomic E-state index is 0.653. The molecule has 5 heteroatoms. The molecule has 1 heterocycles. The molecule has 0 aromatic heterocycles. The van der Waals surface area contributed by atoms with Gasteiger partial charge in [0, 0.05) is 21.5 Å². The number of aryl methyl sites for hydroxylation is 2. The van der Waals surface area contributed by atoms with Crippen LogP contribution in [0.25, 0.3) is 0 Å². The number of nitrogens with zero attached hydrogens (tertiary/aromatic N) is 2. The second-order valence-electron chi connectivity index (χ2n) is 8.14. The zero-order valence-electron chi connectivity index (χ0n) is 18.6. The third-order valence-corrected chi connectivity index (χ3v) is 8.60. The van der Waals surface area contributed by atoms with Crippen molar-refractivity contribution < 1.29 is 9.05 Å². The van der Waals surface area contributed by atoms with E-state index < -0.39 is 8.56 Å². The second kappa shape index (κ2) is 8.88. The Hall–Kier alpha value is -3.96. The standard InChI is InChI=1S/C28H24N2O2Si/c1-21-13-17-23(18-14-21)27-28(24-19-15-22(2)16-20-24)30-32-33(31-29-27,25-9-5-3-6-10-25)26-11-7-4-8-12-26/h3-20H,1-2H3. The van der Waals surface area contributed by atoms with Crippen LogP contribution >= 0.6 is 0 Å². The number of rotatable bonds is 4. The van der Waals surface area contributed by atoms with Crippen LogP contribution in [0.4, 0.5) is 0 Å². The van der Waals surface area contributed by atoms with E-state index in [-0.39, 0.29) is 0 Å². The van der Waals surface area contributed by atoms with Crippen molar-refractivity contribution in [3.63, 3.8) is 0 Å². The average molecular weight is 449 g/mol. The summed E-state index contributed by atoms with van der Waals surface area (Å²) < 4.78 is 12.9. The van der Waals surface area contributed by atoms with Crippen molar-refractivity contribution in [1.82, 2.24) is 0 Å². The van der Waals surface area contributed by atoms with Crippen LogP contribution in [0.2, 0.25) is 0 Å². The zero-order valence-corrected chi connectivity index (χ0v) is 19.6. The van der Waals surface area contributed by atoms with E-state index in [1.807, 2.05) is 84.9 Å². The summed E-state index contributed by atoms with van der Waals surface area (Å²) in [6.45, 7) is 4.13. The molecule has 1 aliphatic heterocycles. The van der Waals surface area contributed by atoms with E-state index in [4.69, 9.17) is 19.4 Å². The lowest BCUT2D eigenvalue weighted by molar-refractivity contribution is 0.211. The lowest BCUT2D eigenvalue weighted by atomic mass is 9.98. The molecule has 0 bridgehead atoms. The maximum absolute atomic E-state index is 6.43. The highest BCUT2D eigenvalue weighted by molar-refractivity contribution is 6.92. The van der Waals surface area contributed by atoms with Crippen LogP contribution in [0.1, 0.15) is 22.3 Å². The molecule has 0 spiro atoms. The molecule has 0 fully saturated rings. The molecule has 0 unspecified atom stereocenters. The third-order valence-electron chi connectivity index (χ3n) is 5.71. The van der Waals surface area contributed by atoms with Gasteiger partial charge in [-0.05, 0) is 13.8 Å². The van der Waals surface area contributed by atoms with Gasteiger partial charge in [0.15, 0.2) is 0 Å². The Bertz CT molecular complexity index is 1190. The molecule has 162 valence electrons. The van der Waals surface area contributed by atoms with Crippen LogP contribution in [0, 0.1) is 13.8 Å². The lowest BCUT2D eigenvalue weighted by Gasteiger charge is -2.24. The minimum Gasteiger partial charge on any atom is -0.398 e. The van der Waals surface area contributed by atoms with E-state index in [0.29, 0.717) is 11.4 Å². The molecule has 1 aliphatic rings. The van der Waals surface area contributed by atoms with Crippen LogP contribution in [-0.4, -0.2) is 20.0 Å². The molecule has 4 nitrogen and oxygen atoms in total. The van der Waals surface area contributed by atoms with Crippen molar-refractivity contribution in [2.75, 3.05) is 0 Å². The van der Waals surface area contributed by atoms with E-state index >= 15 is 0 Å². The average Bonchev–Trinajstić information content (AvgIpc) is 3.07. The van der Waals surface area contributed by atoms with E-state index in [9.17, 15) is 0 Å². The van der Waals surface area contributed by atoms with Crippen molar-refractivity contribution in [2.45, 2.75) is 13.8 Å². The van der Waals surface area contributed by atoms with Gasteiger partial charge in [0.05, 0.1) is 0 Å². The van der Waals surface area contributed by atoms with Gasteiger partial charge in [0.2, 0.25) is 0 Å². The van der Waals surface area contributed by atoms with E-state index in [2.05, 4.69) is 38.1 Å². The highest BCUT2D eigenvalue weighted by Gasteiger charge is 2.50. The van der Waals surface area contributed by atoms with Gasteiger partial charge in [-0.3, -0.25) is 0 Å². The Morgan fingerprint density at radius 1 is 0.485 bits per heavy atom. The number of hydrogen-bond donors (Lipinski definition) is 0. The summed E-state index contributed by atoms with van der Waals surface area (Å²) >= 11 is 0. The molecular weight excluding hydrogens is 424 g/mol. The van der Waals surface area contributed by atoms with Gasteiger partial charge in [0.1, 0.15) is 11.4 Å². The Morgan fingerprint density at radius 3 is 1.21 bits per heavy atom. The molecule has 0 saturated carbocycles.